The summed E-state index contributed by atoms with van der Waals surface area (Å²) in [6.45, 7) is 9.19. The smallest absolute Gasteiger partial charge is 0.242 e. The van der Waals surface area contributed by atoms with Crippen molar-refractivity contribution in [3.8, 4) is 0 Å². The molecule has 0 bridgehead atoms. The number of nitrogens with one attached hydrogen (secondary N) is 1. The molecule has 0 heterocycles. The third kappa shape index (κ3) is 7.01. The molecule has 0 fully saturated rings. The van der Waals surface area contributed by atoms with Gasteiger partial charge in [0.05, 0.1) is 0 Å². The van der Waals surface area contributed by atoms with Crippen LogP contribution in [0.3, 0.4) is 0 Å². The number of nitrogens with zero attached hydrogens (tertiary/aromatic N) is 1. The molecule has 0 aliphatic carbocycles. The third-order valence-electron chi connectivity index (χ3n) is 5.66. The number of unbranched alkanes of at least 4 members (excludes halogenated alkanes) is 1. The number of carbonyl (C=O) groups excluding carboxylic acids is 2. The number of benzene rings is 2. The Hall–Kier alpha value is -2.62. The van der Waals surface area contributed by atoms with E-state index in [4.69, 9.17) is 0 Å². The Kier molecular flexibility index (Phi) is 9.59. The van der Waals surface area contributed by atoms with E-state index in [9.17, 15) is 9.59 Å². The van der Waals surface area contributed by atoms with Gasteiger partial charge in [0.2, 0.25) is 11.8 Å². The van der Waals surface area contributed by atoms with Gasteiger partial charge in [-0.2, -0.15) is 0 Å². The molecule has 2 aromatic rings. The van der Waals surface area contributed by atoms with Crippen LogP contribution in [0.5, 0.6) is 0 Å². The monoisotopic (exact) mass is 408 g/mol. The highest BCUT2D eigenvalue weighted by atomic mass is 16.2. The largest absolute Gasteiger partial charge is 0.354 e. The Bertz CT molecular complexity index is 814. The summed E-state index contributed by atoms with van der Waals surface area (Å²) in [5.74, 6) is -0.0753. The first kappa shape index (κ1) is 23.7. The van der Waals surface area contributed by atoms with Crippen molar-refractivity contribution in [3.63, 3.8) is 0 Å². The molecular formula is C26H36N2O2. The average Bonchev–Trinajstić information content (AvgIpc) is 2.77. The lowest BCUT2D eigenvalue weighted by Crippen LogP contribution is -2.48. The predicted molar refractivity (Wildman–Crippen MR) is 123 cm³/mol. The SMILES string of the molecule is CCCCNC(=O)[C@H](C)N(Cc1ccccc1C)C(=O)CCc1ccc(CC)cc1. The zero-order valence-electron chi connectivity index (χ0n) is 18.9. The molecule has 0 aromatic heterocycles. The third-order valence-corrected chi connectivity index (χ3v) is 5.66. The maximum atomic E-state index is 13.2. The number of amides is 2. The van der Waals surface area contributed by atoms with Crippen molar-refractivity contribution in [2.45, 2.75) is 72.4 Å². The standard InChI is InChI=1S/C26H36N2O2/c1-5-7-18-27-26(30)21(4)28(19-24-11-9-8-10-20(24)3)25(29)17-16-23-14-12-22(6-2)13-15-23/h8-15,21H,5-7,16-19H2,1-4H3,(H,27,30)/t21-/m0/s1. The van der Waals surface area contributed by atoms with E-state index in [0.29, 0.717) is 25.9 Å². The maximum Gasteiger partial charge on any atom is 0.242 e. The molecule has 2 aromatic carbocycles. The zero-order valence-corrected chi connectivity index (χ0v) is 18.9. The lowest BCUT2D eigenvalue weighted by atomic mass is 10.0. The molecule has 162 valence electrons. The fraction of sp³-hybridized carbons (Fsp3) is 0.462. The summed E-state index contributed by atoms with van der Waals surface area (Å²) < 4.78 is 0. The van der Waals surface area contributed by atoms with Gasteiger partial charge in [0.25, 0.3) is 0 Å². The van der Waals surface area contributed by atoms with Crippen LogP contribution in [0.15, 0.2) is 48.5 Å². The van der Waals surface area contributed by atoms with Crippen molar-refractivity contribution in [3.05, 3.63) is 70.8 Å². The highest BCUT2D eigenvalue weighted by molar-refractivity contribution is 5.87. The Labute approximate surface area is 181 Å². The topological polar surface area (TPSA) is 49.4 Å². The molecule has 0 aliphatic heterocycles. The minimum Gasteiger partial charge on any atom is -0.354 e. The molecular weight excluding hydrogens is 372 g/mol. The summed E-state index contributed by atoms with van der Waals surface area (Å²) in [4.78, 5) is 27.6. The quantitative estimate of drug-likeness (QED) is 0.542. The summed E-state index contributed by atoms with van der Waals surface area (Å²) >= 11 is 0. The van der Waals surface area contributed by atoms with Gasteiger partial charge in [-0.1, -0.05) is 68.8 Å². The molecule has 2 amide bonds. The molecule has 0 radical (unpaired) electrons. The van der Waals surface area contributed by atoms with Crippen LogP contribution < -0.4 is 5.32 Å². The molecule has 0 saturated carbocycles. The van der Waals surface area contributed by atoms with Crippen LogP contribution in [-0.4, -0.2) is 29.3 Å². The Morgan fingerprint density at radius 1 is 1.00 bits per heavy atom. The summed E-state index contributed by atoms with van der Waals surface area (Å²) in [5.41, 5.74) is 4.65. The highest BCUT2D eigenvalue weighted by Crippen LogP contribution is 2.16. The number of hydrogen-bond acceptors (Lipinski definition) is 2. The molecule has 30 heavy (non-hydrogen) atoms. The van der Waals surface area contributed by atoms with E-state index < -0.39 is 6.04 Å². The highest BCUT2D eigenvalue weighted by Gasteiger charge is 2.26. The minimum absolute atomic E-state index is 0.0102. The Morgan fingerprint density at radius 2 is 1.67 bits per heavy atom. The maximum absolute atomic E-state index is 13.2. The number of rotatable bonds is 11. The predicted octanol–water partition coefficient (Wildman–Crippen LogP) is 4.82. The average molecular weight is 409 g/mol. The second-order valence-electron chi connectivity index (χ2n) is 7.94. The summed E-state index contributed by atoms with van der Waals surface area (Å²) in [7, 11) is 0. The van der Waals surface area contributed by atoms with Crippen molar-refractivity contribution >= 4 is 11.8 Å². The minimum atomic E-state index is -0.503. The summed E-state index contributed by atoms with van der Waals surface area (Å²) in [6, 6.07) is 16.0. The van der Waals surface area contributed by atoms with Crippen molar-refractivity contribution < 1.29 is 9.59 Å². The number of hydrogen-bond donors (Lipinski definition) is 1. The Balaban J connectivity index is 2.10. The fourth-order valence-electron chi connectivity index (χ4n) is 3.43. The van der Waals surface area contributed by atoms with Crippen LogP contribution >= 0.6 is 0 Å². The van der Waals surface area contributed by atoms with E-state index in [0.717, 1.165) is 36.0 Å². The van der Waals surface area contributed by atoms with Gasteiger partial charge in [-0.15, -0.1) is 0 Å². The Morgan fingerprint density at radius 3 is 2.30 bits per heavy atom. The second kappa shape index (κ2) is 12.2. The van der Waals surface area contributed by atoms with E-state index in [1.807, 2.05) is 38.1 Å². The van der Waals surface area contributed by atoms with Gasteiger partial charge in [0, 0.05) is 19.5 Å². The van der Waals surface area contributed by atoms with E-state index in [1.165, 1.54) is 5.56 Å². The molecule has 1 atom stereocenters. The van der Waals surface area contributed by atoms with Crippen LogP contribution in [-0.2, 0) is 29.0 Å². The molecule has 2 rings (SSSR count). The first-order valence-electron chi connectivity index (χ1n) is 11.2. The lowest BCUT2D eigenvalue weighted by molar-refractivity contribution is -0.140. The first-order chi connectivity index (χ1) is 14.5. The van der Waals surface area contributed by atoms with Gasteiger partial charge in [0.15, 0.2) is 0 Å². The van der Waals surface area contributed by atoms with Crippen LogP contribution in [0.1, 0.15) is 62.3 Å². The van der Waals surface area contributed by atoms with E-state index in [1.54, 1.807) is 4.90 Å². The normalized spacial score (nSPS) is 11.7. The van der Waals surface area contributed by atoms with Crippen molar-refractivity contribution in [2.75, 3.05) is 6.54 Å². The summed E-state index contributed by atoms with van der Waals surface area (Å²) in [5, 5.41) is 2.97. The van der Waals surface area contributed by atoms with Gasteiger partial charge >= 0.3 is 0 Å². The van der Waals surface area contributed by atoms with Crippen LogP contribution in [0.2, 0.25) is 0 Å². The van der Waals surface area contributed by atoms with E-state index in [2.05, 4.69) is 43.4 Å². The molecule has 0 spiro atoms. The van der Waals surface area contributed by atoms with Crippen molar-refractivity contribution in [1.82, 2.24) is 10.2 Å². The van der Waals surface area contributed by atoms with Gasteiger partial charge in [-0.3, -0.25) is 9.59 Å². The molecule has 4 nitrogen and oxygen atoms in total. The van der Waals surface area contributed by atoms with Gasteiger partial charge in [-0.25, -0.2) is 0 Å². The van der Waals surface area contributed by atoms with Crippen LogP contribution in [0.25, 0.3) is 0 Å². The summed E-state index contributed by atoms with van der Waals surface area (Å²) in [6.07, 6.45) is 4.05. The molecule has 4 heteroatoms. The van der Waals surface area contributed by atoms with Gasteiger partial charge in [-0.05, 0) is 55.4 Å². The van der Waals surface area contributed by atoms with E-state index >= 15 is 0 Å². The van der Waals surface area contributed by atoms with Crippen molar-refractivity contribution in [2.24, 2.45) is 0 Å². The van der Waals surface area contributed by atoms with E-state index in [-0.39, 0.29) is 11.8 Å². The molecule has 1 N–H and O–H groups in total. The molecule has 0 unspecified atom stereocenters. The lowest BCUT2D eigenvalue weighted by Gasteiger charge is -2.29. The van der Waals surface area contributed by atoms with Crippen LogP contribution in [0, 0.1) is 6.92 Å². The second-order valence-corrected chi connectivity index (χ2v) is 7.94. The van der Waals surface area contributed by atoms with Crippen molar-refractivity contribution in [1.29, 1.82) is 0 Å². The number of aryl methyl sites for hydroxylation is 3. The number of carbonyl (C=O) groups is 2. The van der Waals surface area contributed by atoms with Gasteiger partial charge < -0.3 is 10.2 Å². The zero-order chi connectivity index (χ0) is 21.9. The molecule has 0 aliphatic rings. The fourth-order valence-corrected chi connectivity index (χ4v) is 3.43. The molecule has 0 saturated heterocycles. The first-order valence-corrected chi connectivity index (χ1v) is 11.2. The van der Waals surface area contributed by atoms with Gasteiger partial charge in [0.1, 0.15) is 6.04 Å². The van der Waals surface area contributed by atoms with Crippen LogP contribution in [0.4, 0.5) is 0 Å².